The SMILES string of the molecule is CON=C(C=O)c1nsc(N)n1. The van der Waals surface area contributed by atoms with Crippen LogP contribution in [0.15, 0.2) is 5.16 Å². The van der Waals surface area contributed by atoms with Crippen molar-refractivity contribution >= 4 is 28.7 Å². The van der Waals surface area contributed by atoms with E-state index < -0.39 is 0 Å². The molecule has 12 heavy (non-hydrogen) atoms. The van der Waals surface area contributed by atoms with Crippen molar-refractivity contribution in [1.82, 2.24) is 9.36 Å². The van der Waals surface area contributed by atoms with Crippen molar-refractivity contribution in [2.75, 3.05) is 12.8 Å². The zero-order valence-corrected chi connectivity index (χ0v) is 7.04. The van der Waals surface area contributed by atoms with Gasteiger partial charge in [-0.1, -0.05) is 5.16 Å². The summed E-state index contributed by atoms with van der Waals surface area (Å²) in [6.45, 7) is 0. The van der Waals surface area contributed by atoms with Crippen molar-refractivity contribution in [3.8, 4) is 0 Å². The van der Waals surface area contributed by atoms with E-state index in [1.807, 2.05) is 0 Å². The van der Waals surface area contributed by atoms with Gasteiger partial charge in [-0.25, -0.2) is 0 Å². The van der Waals surface area contributed by atoms with Gasteiger partial charge in [0, 0.05) is 11.5 Å². The molecule has 2 N–H and O–H groups in total. The van der Waals surface area contributed by atoms with Crippen molar-refractivity contribution in [3.05, 3.63) is 5.82 Å². The van der Waals surface area contributed by atoms with Gasteiger partial charge in [0.2, 0.25) is 0 Å². The van der Waals surface area contributed by atoms with E-state index in [-0.39, 0.29) is 16.7 Å². The number of nitrogens with two attached hydrogens (primary N) is 1. The van der Waals surface area contributed by atoms with E-state index in [2.05, 4.69) is 19.4 Å². The molecule has 0 unspecified atom stereocenters. The molecular weight excluding hydrogens is 180 g/mol. The Morgan fingerprint density at radius 3 is 3.00 bits per heavy atom. The van der Waals surface area contributed by atoms with E-state index in [1.165, 1.54) is 7.11 Å². The molecule has 1 heterocycles. The molecule has 0 saturated heterocycles. The Kier molecular flexibility index (Phi) is 2.70. The van der Waals surface area contributed by atoms with Gasteiger partial charge in [-0.3, -0.25) is 4.79 Å². The minimum atomic E-state index is 0.0328. The zero-order chi connectivity index (χ0) is 8.97. The van der Waals surface area contributed by atoms with Crippen LogP contribution in [-0.2, 0) is 9.63 Å². The summed E-state index contributed by atoms with van der Waals surface area (Å²) < 4.78 is 3.77. The van der Waals surface area contributed by atoms with Gasteiger partial charge in [0.05, 0.1) is 0 Å². The number of carbonyl (C=O) groups is 1. The summed E-state index contributed by atoms with van der Waals surface area (Å²) in [4.78, 5) is 18.5. The Bertz CT molecular complexity index is 308. The zero-order valence-electron chi connectivity index (χ0n) is 6.22. The van der Waals surface area contributed by atoms with Gasteiger partial charge >= 0.3 is 0 Å². The van der Waals surface area contributed by atoms with E-state index in [9.17, 15) is 4.79 Å². The van der Waals surface area contributed by atoms with Crippen LogP contribution >= 0.6 is 11.5 Å². The minimum absolute atomic E-state index is 0.0328. The number of aromatic nitrogens is 2. The number of hydrogen-bond donors (Lipinski definition) is 1. The molecule has 7 heteroatoms. The maximum atomic E-state index is 10.4. The van der Waals surface area contributed by atoms with Gasteiger partial charge in [-0.2, -0.15) is 9.36 Å². The van der Waals surface area contributed by atoms with Crippen LogP contribution in [-0.4, -0.2) is 28.5 Å². The monoisotopic (exact) mass is 186 g/mol. The average molecular weight is 186 g/mol. The van der Waals surface area contributed by atoms with Crippen LogP contribution in [0.5, 0.6) is 0 Å². The molecule has 0 saturated carbocycles. The molecule has 0 amide bonds. The molecule has 1 aromatic heterocycles. The largest absolute Gasteiger partial charge is 0.398 e. The van der Waals surface area contributed by atoms with Crippen molar-refractivity contribution in [3.63, 3.8) is 0 Å². The van der Waals surface area contributed by atoms with E-state index in [1.54, 1.807) is 0 Å². The summed E-state index contributed by atoms with van der Waals surface area (Å²) in [5.74, 6) is 0.189. The number of rotatable bonds is 3. The summed E-state index contributed by atoms with van der Waals surface area (Å²) in [5, 5.41) is 3.69. The number of nitrogens with zero attached hydrogens (tertiary/aromatic N) is 3. The molecule has 0 atom stereocenters. The third kappa shape index (κ3) is 1.76. The Hall–Kier alpha value is -1.50. The lowest BCUT2D eigenvalue weighted by Crippen LogP contribution is -2.05. The summed E-state index contributed by atoms with van der Waals surface area (Å²) in [6.07, 6.45) is 0.505. The molecule has 0 aliphatic carbocycles. The third-order valence-corrected chi connectivity index (χ3v) is 1.51. The smallest absolute Gasteiger partial charge is 0.200 e. The van der Waals surface area contributed by atoms with Crippen molar-refractivity contribution < 1.29 is 9.63 Å². The molecule has 0 aliphatic heterocycles. The van der Waals surface area contributed by atoms with E-state index in [0.717, 1.165) is 11.5 Å². The number of aldehydes is 1. The maximum Gasteiger partial charge on any atom is 0.200 e. The van der Waals surface area contributed by atoms with E-state index >= 15 is 0 Å². The second kappa shape index (κ2) is 3.77. The Morgan fingerprint density at radius 2 is 2.58 bits per heavy atom. The Balaban J connectivity index is 2.94. The first-order chi connectivity index (χ1) is 5.77. The molecule has 0 spiro atoms. The summed E-state index contributed by atoms with van der Waals surface area (Å²) in [5.41, 5.74) is 5.33. The number of carbonyl (C=O) groups excluding carboxylic acids is 1. The van der Waals surface area contributed by atoms with E-state index in [4.69, 9.17) is 5.73 Å². The van der Waals surface area contributed by atoms with Crippen molar-refractivity contribution in [2.45, 2.75) is 0 Å². The fraction of sp³-hybridized carbons (Fsp3) is 0.200. The summed E-state index contributed by atoms with van der Waals surface area (Å²) >= 11 is 0.995. The van der Waals surface area contributed by atoms with Crippen molar-refractivity contribution in [2.24, 2.45) is 5.16 Å². The molecule has 0 aromatic carbocycles. The van der Waals surface area contributed by atoms with Gasteiger partial charge in [0.25, 0.3) is 0 Å². The predicted octanol–water partition coefficient (Wildman–Crippen LogP) is -0.330. The first-order valence-electron chi connectivity index (χ1n) is 2.94. The first kappa shape index (κ1) is 8.60. The van der Waals surface area contributed by atoms with Crippen LogP contribution in [0.25, 0.3) is 0 Å². The van der Waals surface area contributed by atoms with Gasteiger partial charge in [-0.15, -0.1) is 0 Å². The highest BCUT2D eigenvalue weighted by molar-refractivity contribution is 7.09. The number of hydrogen-bond acceptors (Lipinski definition) is 7. The van der Waals surface area contributed by atoms with Crippen LogP contribution in [0.4, 0.5) is 5.13 Å². The highest BCUT2D eigenvalue weighted by Crippen LogP contribution is 2.05. The van der Waals surface area contributed by atoms with Crippen LogP contribution in [0.1, 0.15) is 5.82 Å². The molecule has 0 fully saturated rings. The van der Waals surface area contributed by atoms with Crippen LogP contribution in [0.2, 0.25) is 0 Å². The van der Waals surface area contributed by atoms with Crippen LogP contribution in [0.3, 0.4) is 0 Å². The number of anilines is 1. The van der Waals surface area contributed by atoms with Gasteiger partial charge in [0.15, 0.2) is 23.0 Å². The first-order valence-corrected chi connectivity index (χ1v) is 3.71. The predicted molar refractivity (Wildman–Crippen MR) is 43.9 cm³/mol. The molecular formula is C5H6N4O2S. The molecule has 64 valence electrons. The molecule has 1 aromatic rings. The quantitative estimate of drug-likeness (QED) is 0.396. The molecule has 0 bridgehead atoms. The highest BCUT2D eigenvalue weighted by atomic mass is 32.1. The molecule has 1 rings (SSSR count). The summed E-state index contributed by atoms with van der Waals surface area (Å²) in [7, 11) is 1.33. The molecule has 0 aliphatic rings. The Labute approximate surface area is 72.2 Å². The lowest BCUT2D eigenvalue weighted by atomic mass is 10.4. The minimum Gasteiger partial charge on any atom is -0.398 e. The topological polar surface area (TPSA) is 90.5 Å². The lowest BCUT2D eigenvalue weighted by molar-refractivity contribution is -0.102. The van der Waals surface area contributed by atoms with Crippen LogP contribution in [0, 0.1) is 0 Å². The van der Waals surface area contributed by atoms with Gasteiger partial charge in [-0.05, 0) is 0 Å². The summed E-state index contributed by atoms with van der Waals surface area (Å²) in [6, 6.07) is 0. The second-order valence-electron chi connectivity index (χ2n) is 1.73. The normalized spacial score (nSPS) is 11.2. The maximum absolute atomic E-state index is 10.4. The number of oxime groups is 1. The average Bonchev–Trinajstić information content (AvgIpc) is 2.47. The lowest BCUT2D eigenvalue weighted by Gasteiger charge is -1.89. The molecule has 6 nitrogen and oxygen atoms in total. The fourth-order valence-electron chi connectivity index (χ4n) is 0.553. The highest BCUT2D eigenvalue weighted by Gasteiger charge is 2.08. The third-order valence-electron chi connectivity index (χ3n) is 0.972. The van der Waals surface area contributed by atoms with Gasteiger partial charge in [0.1, 0.15) is 7.11 Å². The Morgan fingerprint density at radius 1 is 1.83 bits per heavy atom. The number of nitrogen functional groups attached to an aromatic ring is 1. The van der Waals surface area contributed by atoms with Crippen molar-refractivity contribution in [1.29, 1.82) is 0 Å². The standard InChI is InChI=1S/C5H6N4O2S/c1-11-8-3(2-10)4-7-5(6)12-9-4/h2H,1H3,(H2,6,7,9). The van der Waals surface area contributed by atoms with E-state index in [0.29, 0.717) is 6.29 Å². The fourth-order valence-corrected chi connectivity index (χ4v) is 0.994. The van der Waals surface area contributed by atoms with Crippen LogP contribution < -0.4 is 5.73 Å². The second-order valence-corrected chi connectivity index (χ2v) is 2.52. The molecule has 0 radical (unpaired) electrons. The van der Waals surface area contributed by atoms with Gasteiger partial charge < -0.3 is 10.6 Å².